The molecule has 4 aliphatic heterocycles. The fourth-order valence-electron chi connectivity index (χ4n) is 12.8. The number of nitrogens with one attached hydrogen (secondary N) is 4. The number of likely N-dealkylation sites (tertiary alicyclic amines) is 2. The minimum Gasteiger partial charge on any atom is -0.467 e. The predicted octanol–water partition coefficient (Wildman–Crippen LogP) is 10.6. The molecule has 4 fully saturated rings. The number of para-hydroxylation sites is 2. The Morgan fingerprint density at radius 3 is 1.27 bits per heavy atom. The summed E-state index contributed by atoms with van der Waals surface area (Å²) in [5, 5.41) is 13.7. The summed E-state index contributed by atoms with van der Waals surface area (Å²) in [6, 6.07) is 42.8. The van der Waals surface area contributed by atoms with Gasteiger partial charge in [0.25, 0.3) is 11.8 Å². The van der Waals surface area contributed by atoms with Gasteiger partial charge in [-0.05, 0) is 110 Å². The first-order valence-electron chi connectivity index (χ1n) is 25.5. The Balaban J connectivity index is 0.000000152. The van der Waals surface area contributed by atoms with Crippen LogP contribution in [0.2, 0.25) is 0 Å². The number of carbonyl (C=O) groups is 4. The van der Waals surface area contributed by atoms with Crippen molar-refractivity contribution >= 4 is 35.0 Å². The highest BCUT2D eigenvalue weighted by Crippen LogP contribution is 2.53. The van der Waals surface area contributed by atoms with Crippen LogP contribution in [0.1, 0.15) is 132 Å². The Hall–Kier alpha value is -7.08. The van der Waals surface area contributed by atoms with Crippen LogP contribution >= 0.6 is 0 Å². The van der Waals surface area contributed by atoms with E-state index in [2.05, 4.69) is 67.5 Å². The van der Waals surface area contributed by atoms with Crippen molar-refractivity contribution in [2.75, 3.05) is 23.7 Å². The minimum atomic E-state index is -0.195. The molecule has 4 N–H and O–H groups in total. The van der Waals surface area contributed by atoms with Gasteiger partial charge in [0.1, 0.15) is 11.5 Å². The summed E-state index contributed by atoms with van der Waals surface area (Å²) in [7, 11) is 0. The van der Waals surface area contributed by atoms with Crippen molar-refractivity contribution in [2.24, 2.45) is 23.7 Å². The molecule has 10 atom stereocenters. The molecule has 2 aromatic heterocycles. The lowest BCUT2D eigenvalue weighted by Gasteiger charge is -2.41. The number of hydrogen-bond donors (Lipinski definition) is 4. The third kappa shape index (κ3) is 8.88. The van der Waals surface area contributed by atoms with Crippen molar-refractivity contribution in [2.45, 2.75) is 100 Å². The van der Waals surface area contributed by atoms with Gasteiger partial charge in [-0.15, -0.1) is 0 Å². The molecule has 12 rings (SSSR count). The molecule has 2 saturated heterocycles. The van der Waals surface area contributed by atoms with E-state index in [1.54, 1.807) is 12.5 Å². The molecule has 2 unspecified atom stereocenters. The van der Waals surface area contributed by atoms with Crippen molar-refractivity contribution in [1.29, 1.82) is 0 Å². The summed E-state index contributed by atoms with van der Waals surface area (Å²) in [6.45, 7) is 1.44. The quantitative estimate of drug-likeness (QED) is 0.118. The van der Waals surface area contributed by atoms with Crippen LogP contribution in [0.4, 0.5) is 11.4 Å². The Bertz CT molecular complexity index is 2580. The fourth-order valence-corrected chi connectivity index (χ4v) is 12.8. The molecule has 2 saturated carbocycles. The van der Waals surface area contributed by atoms with E-state index in [1.807, 2.05) is 97.1 Å². The van der Waals surface area contributed by atoms with Crippen molar-refractivity contribution in [3.05, 3.63) is 180 Å². The van der Waals surface area contributed by atoms with Gasteiger partial charge in [0, 0.05) is 59.5 Å². The maximum atomic E-state index is 14.1. The molecule has 360 valence electrons. The Labute approximate surface area is 409 Å². The highest BCUT2D eigenvalue weighted by Gasteiger charge is 2.51. The average molecular weight is 939 g/mol. The molecule has 6 aromatic rings. The van der Waals surface area contributed by atoms with Crippen LogP contribution in [-0.4, -0.2) is 58.6 Å². The van der Waals surface area contributed by atoms with Crippen LogP contribution in [0.5, 0.6) is 0 Å². The predicted molar refractivity (Wildman–Crippen MR) is 267 cm³/mol. The second kappa shape index (κ2) is 20.1. The van der Waals surface area contributed by atoms with Crippen LogP contribution < -0.4 is 21.3 Å². The van der Waals surface area contributed by atoms with E-state index in [9.17, 15) is 19.2 Å². The molecule has 12 heteroatoms. The topological polar surface area (TPSA) is 149 Å². The van der Waals surface area contributed by atoms with Gasteiger partial charge in [-0.25, -0.2) is 0 Å². The number of benzene rings is 4. The first-order valence-corrected chi connectivity index (χ1v) is 25.5. The molecule has 0 spiro atoms. The van der Waals surface area contributed by atoms with E-state index >= 15 is 0 Å². The number of rotatable bonds is 8. The highest BCUT2D eigenvalue weighted by molar-refractivity contribution is 5.95. The first kappa shape index (κ1) is 45.4. The molecular weight excluding hydrogens is 877 g/mol. The maximum Gasteiger partial charge on any atom is 0.251 e. The normalized spacial score (nSPS) is 27.4. The number of carbonyl (C=O) groups excluding carboxylic acids is 4. The molecule has 6 aliphatic rings. The Kier molecular flexibility index (Phi) is 13.0. The molecule has 12 nitrogen and oxygen atoms in total. The molecule has 4 aromatic carbocycles. The lowest BCUT2D eigenvalue weighted by molar-refractivity contribution is -0.139. The van der Waals surface area contributed by atoms with Crippen LogP contribution in [-0.2, 0) is 9.59 Å². The molecule has 70 heavy (non-hydrogen) atoms. The van der Waals surface area contributed by atoms with Gasteiger partial charge in [0.15, 0.2) is 0 Å². The smallest absolute Gasteiger partial charge is 0.251 e. The van der Waals surface area contributed by atoms with Gasteiger partial charge in [-0.3, -0.25) is 19.2 Å². The molecular formula is C58H62N6O6. The molecule has 6 heterocycles. The molecule has 0 radical (unpaired) electrons. The van der Waals surface area contributed by atoms with E-state index in [-0.39, 0.29) is 83.6 Å². The van der Waals surface area contributed by atoms with Gasteiger partial charge in [0.05, 0.1) is 48.5 Å². The summed E-state index contributed by atoms with van der Waals surface area (Å²) in [4.78, 5) is 58.3. The summed E-state index contributed by atoms with van der Waals surface area (Å²) in [5.41, 5.74) is 5.75. The zero-order valence-corrected chi connectivity index (χ0v) is 39.5. The van der Waals surface area contributed by atoms with E-state index < -0.39 is 0 Å². The Morgan fingerprint density at radius 1 is 0.457 bits per heavy atom. The van der Waals surface area contributed by atoms with Gasteiger partial charge in [0.2, 0.25) is 11.8 Å². The van der Waals surface area contributed by atoms with E-state index in [4.69, 9.17) is 8.83 Å². The van der Waals surface area contributed by atoms with E-state index in [0.717, 1.165) is 100 Å². The highest BCUT2D eigenvalue weighted by atomic mass is 16.3. The maximum absolute atomic E-state index is 14.1. The summed E-state index contributed by atoms with van der Waals surface area (Å²) >= 11 is 0. The number of hydrogen-bond acceptors (Lipinski definition) is 8. The van der Waals surface area contributed by atoms with Crippen LogP contribution in [0.15, 0.2) is 155 Å². The summed E-state index contributed by atoms with van der Waals surface area (Å²) in [6.07, 6.45) is 12.7. The van der Waals surface area contributed by atoms with E-state index in [0.29, 0.717) is 11.1 Å². The lowest BCUT2D eigenvalue weighted by atomic mass is 9.80. The zero-order valence-electron chi connectivity index (χ0n) is 39.5. The van der Waals surface area contributed by atoms with Crippen molar-refractivity contribution < 1.29 is 28.0 Å². The second-order valence-corrected chi connectivity index (χ2v) is 20.0. The van der Waals surface area contributed by atoms with Gasteiger partial charge in [-0.1, -0.05) is 98.5 Å². The summed E-state index contributed by atoms with van der Waals surface area (Å²) < 4.78 is 11.6. The third-order valence-corrected chi connectivity index (χ3v) is 16.1. The van der Waals surface area contributed by atoms with Crippen molar-refractivity contribution in [1.82, 2.24) is 20.4 Å². The second-order valence-electron chi connectivity index (χ2n) is 20.0. The average Bonchev–Trinajstić information content (AvgIpc) is 4.28. The molecule has 4 amide bonds. The number of furan rings is 2. The van der Waals surface area contributed by atoms with Gasteiger partial charge < -0.3 is 39.9 Å². The van der Waals surface area contributed by atoms with Crippen LogP contribution in [0.3, 0.4) is 0 Å². The SMILES string of the molecule is O=C(NC1CCCC[C@@H]1C(=O)N1CC[C@@H]2[C@H](c3ccco3)Nc3ccccc3[C@@H]21)c1ccccc1.O=C(NC1CCCC[C@@H]1C(=O)N1CC[C@H]2[C@@H](c3ccco3)Nc3ccccc3[C@H]21)c1ccccc1. The molecule has 0 bridgehead atoms. The van der Waals surface area contributed by atoms with Crippen molar-refractivity contribution in [3.8, 4) is 0 Å². The Morgan fingerprint density at radius 2 is 0.857 bits per heavy atom. The summed E-state index contributed by atoms with van der Waals surface area (Å²) in [5.74, 6) is 2.06. The first-order chi connectivity index (χ1) is 34.4. The minimum absolute atomic E-state index is 0.00227. The van der Waals surface area contributed by atoms with Crippen molar-refractivity contribution in [3.63, 3.8) is 0 Å². The van der Waals surface area contributed by atoms with E-state index in [1.165, 1.54) is 11.1 Å². The third-order valence-electron chi connectivity index (χ3n) is 16.1. The van der Waals surface area contributed by atoms with Gasteiger partial charge in [-0.2, -0.15) is 0 Å². The monoisotopic (exact) mass is 938 g/mol. The lowest BCUT2D eigenvalue weighted by Crippen LogP contribution is -2.50. The molecule has 2 aliphatic carbocycles. The number of anilines is 2. The zero-order chi connectivity index (χ0) is 47.6. The largest absolute Gasteiger partial charge is 0.467 e. The number of fused-ring (bicyclic) bond motifs is 6. The number of amides is 4. The standard InChI is InChI=1S/2C29H31N3O3/c2*33-28(19-9-2-1-3-10-19)31-24-14-7-5-12-21(24)29(34)32-17-16-22-26(25-15-8-18-35-25)30-23-13-6-4-11-20(23)27(22)32/h2*1-4,6,8-11,13,15,18,21-22,24,26-27,30H,5,7,12,14,16-17H2,(H,31,33)/t21-,22+,24?,26+,27-;21-,22-,24?,26-,27+/m00/s1. The van der Waals surface area contributed by atoms with Crippen LogP contribution in [0, 0.1) is 23.7 Å². The van der Waals surface area contributed by atoms with Gasteiger partial charge >= 0.3 is 0 Å². The van der Waals surface area contributed by atoms with Crippen LogP contribution in [0.25, 0.3) is 0 Å². The number of nitrogens with zero attached hydrogens (tertiary/aromatic N) is 2. The fraction of sp³-hybridized carbons (Fsp3) is 0.379.